The molecule has 1 aromatic heterocycles. The van der Waals surface area contributed by atoms with Crippen LogP contribution in [0, 0.1) is 5.92 Å². The molecule has 1 saturated carbocycles. The Labute approximate surface area is 151 Å². The Bertz CT molecular complexity index is 694. The minimum absolute atomic E-state index is 0.133. The first kappa shape index (κ1) is 17.8. The summed E-state index contributed by atoms with van der Waals surface area (Å²) < 4.78 is 0. The summed E-state index contributed by atoms with van der Waals surface area (Å²) in [7, 11) is 0. The lowest BCUT2D eigenvalue weighted by Gasteiger charge is -2.26. The summed E-state index contributed by atoms with van der Waals surface area (Å²) >= 11 is 6.04. The van der Waals surface area contributed by atoms with Gasteiger partial charge in [0.05, 0.1) is 16.8 Å². The Kier molecular flexibility index (Phi) is 4.77. The highest BCUT2D eigenvalue weighted by molar-refractivity contribution is 6.29. The molecule has 1 aliphatic carbocycles. The lowest BCUT2D eigenvalue weighted by molar-refractivity contribution is 0.0936. The summed E-state index contributed by atoms with van der Waals surface area (Å²) in [6.45, 7) is 4.98. The van der Waals surface area contributed by atoms with E-state index in [1.807, 2.05) is 18.7 Å². The standard InChI is InChI=1S/C17H23ClN4O3/c1-10(11-3-4-11)20-15(23)12-8-19-14(18)7-13(12)22-6-5-17(2,9-22)21-16(24)25/h7-8,10-11,21H,3-6,9H2,1-2H3,(H,20,23)(H,24,25)/t10-,17?/m0/s1. The molecule has 0 aromatic carbocycles. The third kappa shape index (κ3) is 4.15. The zero-order valence-electron chi connectivity index (χ0n) is 14.4. The topological polar surface area (TPSA) is 94.6 Å². The Balaban J connectivity index is 1.80. The molecule has 3 rings (SSSR count). The second-order valence-corrected chi connectivity index (χ2v) is 7.67. The molecule has 25 heavy (non-hydrogen) atoms. The molecule has 1 aliphatic heterocycles. The fraction of sp³-hybridized carbons (Fsp3) is 0.588. The molecule has 8 heteroatoms. The molecule has 0 bridgehead atoms. The van der Waals surface area contributed by atoms with Crippen LogP contribution < -0.4 is 15.5 Å². The molecule has 3 N–H and O–H groups in total. The van der Waals surface area contributed by atoms with Crippen LogP contribution in [0.5, 0.6) is 0 Å². The maximum absolute atomic E-state index is 12.7. The van der Waals surface area contributed by atoms with Crippen molar-refractivity contribution in [1.29, 1.82) is 0 Å². The van der Waals surface area contributed by atoms with E-state index in [4.69, 9.17) is 16.7 Å². The van der Waals surface area contributed by atoms with Gasteiger partial charge < -0.3 is 20.6 Å². The number of hydrogen-bond acceptors (Lipinski definition) is 4. The molecule has 1 saturated heterocycles. The van der Waals surface area contributed by atoms with Gasteiger partial charge in [-0.3, -0.25) is 4.79 Å². The average molecular weight is 367 g/mol. The van der Waals surface area contributed by atoms with Crippen LogP contribution in [-0.4, -0.2) is 46.8 Å². The van der Waals surface area contributed by atoms with Crippen molar-refractivity contribution in [1.82, 2.24) is 15.6 Å². The quantitative estimate of drug-likeness (QED) is 0.696. The molecule has 0 radical (unpaired) electrons. The lowest BCUT2D eigenvalue weighted by atomic mass is 10.0. The molecule has 136 valence electrons. The fourth-order valence-corrected chi connectivity index (χ4v) is 3.53. The van der Waals surface area contributed by atoms with Crippen LogP contribution in [0.15, 0.2) is 12.3 Å². The summed E-state index contributed by atoms with van der Waals surface area (Å²) in [6, 6.07) is 1.80. The first-order valence-corrected chi connectivity index (χ1v) is 8.88. The van der Waals surface area contributed by atoms with E-state index in [2.05, 4.69) is 15.6 Å². The molecular formula is C17H23ClN4O3. The minimum Gasteiger partial charge on any atom is -0.465 e. The van der Waals surface area contributed by atoms with Gasteiger partial charge in [0.15, 0.2) is 0 Å². The summed E-state index contributed by atoms with van der Waals surface area (Å²) in [5, 5.41) is 14.9. The van der Waals surface area contributed by atoms with Crippen LogP contribution in [0.1, 0.15) is 43.5 Å². The van der Waals surface area contributed by atoms with Crippen LogP contribution in [0.2, 0.25) is 5.15 Å². The van der Waals surface area contributed by atoms with E-state index in [-0.39, 0.29) is 11.9 Å². The van der Waals surface area contributed by atoms with Gasteiger partial charge in [-0.25, -0.2) is 9.78 Å². The van der Waals surface area contributed by atoms with E-state index >= 15 is 0 Å². The van der Waals surface area contributed by atoms with Crippen molar-refractivity contribution < 1.29 is 14.7 Å². The van der Waals surface area contributed by atoms with Gasteiger partial charge in [-0.05, 0) is 45.1 Å². The first-order valence-electron chi connectivity index (χ1n) is 8.50. The SMILES string of the molecule is C[C@H](NC(=O)c1cnc(Cl)cc1N1CCC(C)(NC(=O)O)C1)C1CC1. The molecule has 2 atom stereocenters. The zero-order chi connectivity index (χ0) is 18.2. The Morgan fingerprint density at radius 2 is 2.20 bits per heavy atom. The number of aromatic nitrogens is 1. The van der Waals surface area contributed by atoms with Crippen molar-refractivity contribution in [3.8, 4) is 0 Å². The van der Waals surface area contributed by atoms with Crippen molar-refractivity contribution >= 4 is 29.3 Å². The van der Waals surface area contributed by atoms with Crippen LogP contribution in [-0.2, 0) is 0 Å². The Hall–Kier alpha value is -2.02. The number of halogens is 1. The molecule has 2 aliphatic rings. The number of carbonyl (C=O) groups excluding carboxylic acids is 1. The molecule has 0 spiro atoms. The Morgan fingerprint density at radius 1 is 1.48 bits per heavy atom. The monoisotopic (exact) mass is 366 g/mol. The molecular weight excluding hydrogens is 344 g/mol. The minimum atomic E-state index is -1.05. The summed E-state index contributed by atoms with van der Waals surface area (Å²) in [4.78, 5) is 29.7. The predicted octanol–water partition coefficient (Wildman–Crippen LogP) is 2.50. The highest BCUT2D eigenvalue weighted by atomic mass is 35.5. The van der Waals surface area contributed by atoms with Crippen molar-refractivity contribution in [3.05, 3.63) is 23.0 Å². The summed E-state index contributed by atoms with van der Waals surface area (Å²) in [5.41, 5.74) is 0.601. The van der Waals surface area contributed by atoms with E-state index in [1.165, 1.54) is 6.20 Å². The second kappa shape index (κ2) is 6.71. The molecule has 2 amide bonds. The molecule has 7 nitrogen and oxygen atoms in total. The number of carbonyl (C=O) groups is 2. The van der Waals surface area contributed by atoms with E-state index in [9.17, 15) is 9.59 Å². The highest BCUT2D eigenvalue weighted by Gasteiger charge is 2.37. The molecule has 2 fully saturated rings. The number of rotatable bonds is 5. The smallest absolute Gasteiger partial charge is 0.405 e. The van der Waals surface area contributed by atoms with Crippen LogP contribution in [0.25, 0.3) is 0 Å². The third-order valence-corrected chi connectivity index (χ3v) is 5.21. The number of hydrogen-bond donors (Lipinski definition) is 3. The van der Waals surface area contributed by atoms with Gasteiger partial charge >= 0.3 is 6.09 Å². The van der Waals surface area contributed by atoms with Gasteiger partial charge in [0.1, 0.15) is 5.15 Å². The maximum atomic E-state index is 12.7. The number of carboxylic acid groups (broad SMARTS) is 1. The lowest BCUT2D eigenvalue weighted by Crippen LogP contribution is -2.47. The van der Waals surface area contributed by atoms with E-state index < -0.39 is 11.6 Å². The number of amides is 2. The van der Waals surface area contributed by atoms with Crippen molar-refractivity contribution in [2.45, 2.75) is 44.7 Å². The van der Waals surface area contributed by atoms with Crippen molar-refractivity contribution in [3.63, 3.8) is 0 Å². The van der Waals surface area contributed by atoms with E-state index in [1.54, 1.807) is 6.07 Å². The first-order chi connectivity index (χ1) is 11.8. The van der Waals surface area contributed by atoms with Gasteiger partial charge in [-0.15, -0.1) is 0 Å². The largest absolute Gasteiger partial charge is 0.465 e. The fourth-order valence-electron chi connectivity index (χ4n) is 3.38. The van der Waals surface area contributed by atoms with Crippen LogP contribution in [0.4, 0.5) is 10.5 Å². The van der Waals surface area contributed by atoms with E-state index in [0.29, 0.717) is 41.8 Å². The molecule has 1 unspecified atom stereocenters. The highest BCUT2D eigenvalue weighted by Crippen LogP contribution is 2.33. The van der Waals surface area contributed by atoms with Crippen molar-refractivity contribution in [2.75, 3.05) is 18.0 Å². The third-order valence-electron chi connectivity index (χ3n) is 5.00. The van der Waals surface area contributed by atoms with Gasteiger partial charge in [0, 0.05) is 25.3 Å². The molecule has 2 heterocycles. The Morgan fingerprint density at radius 3 is 2.84 bits per heavy atom. The number of pyridine rings is 1. The zero-order valence-corrected chi connectivity index (χ0v) is 15.1. The summed E-state index contributed by atoms with van der Waals surface area (Å²) in [5.74, 6) is 0.390. The molecule has 1 aromatic rings. The second-order valence-electron chi connectivity index (χ2n) is 7.29. The van der Waals surface area contributed by atoms with Gasteiger partial charge in [0.25, 0.3) is 5.91 Å². The summed E-state index contributed by atoms with van der Waals surface area (Å²) in [6.07, 6.45) is 3.40. The predicted molar refractivity (Wildman–Crippen MR) is 95.3 cm³/mol. The van der Waals surface area contributed by atoms with Crippen LogP contribution >= 0.6 is 11.6 Å². The van der Waals surface area contributed by atoms with Crippen LogP contribution in [0.3, 0.4) is 0 Å². The van der Waals surface area contributed by atoms with E-state index in [0.717, 1.165) is 12.8 Å². The number of nitrogens with zero attached hydrogens (tertiary/aromatic N) is 2. The average Bonchev–Trinajstić information content (AvgIpc) is 3.30. The number of nitrogens with one attached hydrogen (secondary N) is 2. The van der Waals surface area contributed by atoms with Gasteiger partial charge in [0.2, 0.25) is 0 Å². The number of anilines is 1. The normalized spacial score (nSPS) is 24.0. The van der Waals surface area contributed by atoms with Crippen molar-refractivity contribution in [2.24, 2.45) is 5.92 Å². The maximum Gasteiger partial charge on any atom is 0.405 e. The van der Waals surface area contributed by atoms with Gasteiger partial charge in [-0.2, -0.15) is 0 Å². The van der Waals surface area contributed by atoms with Gasteiger partial charge in [-0.1, -0.05) is 11.6 Å².